The van der Waals surface area contributed by atoms with Crippen molar-refractivity contribution in [2.45, 2.75) is 57.0 Å². The van der Waals surface area contributed by atoms with Crippen LogP contribution in [0.5, 0.6) is 0 Å². The summed E-state index contributed by atoms with van der Waals surface area (Å²) < 4.78 is 4.74. The van der Waals surface area contributed by atoms with Crippen molar-refractivity contribution in [1.82, 2.24) is 10.2 Å². The SMILES string of the molecule is COC(=O)CC1CCCCN1C(=O)C1(C)CCCN1. The molecule has 2 fully saturated rings. The van der Waals surface area contributed by atoms with Gasteiger partial charge in [-0.25, -0.2) is 0 Å². The standard InChI is InChI=1S/C14H24N2O3/c1-14(7-5-8-15-14)13(18)16-9-4-3-6-11(16)10-12(17)19-2/h11,15H,3-10H2,1-2H3. The Hall–Kier alpha value is -1.10. The first-order valence-electron chi connectivity index (χ1n) is 7.20. The van der Waals surface area contributed by atoms with Crippen LogP contribution in [0.1, 0.15) is 45.4 Å². The molecule has 0 aromatic carbocycles. The number of nitrogens with zero attached hydrogens (tertiary/aromatic N) is 1. The van der Waals surface area contributed by atoms with Crippen LogP contribution in [0.3, 0.4) is 0 Å². The van der Waals surface area contributed by atoms with Crippen molar-refractivity contribution in [1.29, 1.82) is 0 Å². The number of ether oxygens (including phenoxy) is 1. The number of piperidine rings is 1. The zero-order valence-electron chi connectivity index (χ0n) is 11.9. The molecule has 2 rings (SSSR count). The van der Waals surface area contributed by atoms with Crippen LogP contribution in [-0.4, -0.2) is 48.6 Å². The minimum atomic E-state index is -0.439. The van der Waals surface area contributed by atoms with E-state index in [0.717, 1.165) is 45.2 Å². The van der Waals surface area contributed by atoms with Crippen LogP contribution in [0, 0.1) is 0 Å². The fraction of sp³-hybridized carbons (Fsp3) is 0.857. The van der Waals surface area contributed by atoms with Gasteiger partial charge in [-0.3, -0.25) is 9.59 Å². The maximum atomic E-state index is 12.7. The van der Waals surface area contributed by atoms with Gasteiger partial charge in [-0.1, -0.05) is 0 Å². The summed E-state index contributed by atoms with van der Waals surface area (Å²) in [6, 6.07) is 0.00734. The van der Waals surface area contributed by atoms with Gasteiger partial charge < -0.3 is 15.0 Å². The number of methoxy groups -OCH3 is 1. The molecular formula is C14H24N2O3. The number of hydrogen-bond acceptors (Lipinski definition) is 4. The number of hydrogen-bond donors (Lipinski definition) is 1. The first-order valence-corrected chi connectivity index (χ1v) is 7.20. The highest BCUT2D eigenvalue weighted by Gasteiger charge is 2.41. The second-order valence-corrected chi connectivity index (χ2v) is 5.79. The molecule has 0 aromatic rings. The third-order valence-corrected chi connectivity index (χ3v) is 4.36. The monoisotopic (exact) mass is 268 g/mol. The molecule has 0 radical (unpaired) electrons. The molecular weight excluding hydrogens is 244 g/mol. The van der Waals surface area contributed by atoms with Crippen molar-refractivity contribution >= 4 is 11.9 Å². The van der Waals surface area contributed by atoms with E-state index in [-0.39, 0.29) is 17.9 Å². The first kappa shape index (κ1) is 14.3. The van der Waals surface area contributed by atoms with E-state index in [9.17, 15) is 9.59 Å². The Balaban J connectivity index is 2.06. The molecule has 5 heteroatoms. The minimum Gasteiger partial charge on any atom is -0.469 e. The van der Waals surface area contributed by atoms with Crippen LogP contribution in [0.15, 0.2) is 0 Å². The molecule has 0 aliphatic carbocycles. The second kappa shape index (κ2) is 5.90. The number of likely N-dealkylation sites (tertiary alicyclic amines) is 1. The summed E-state index contributed by atoms with van der Waals surface area (Å²) >= 11 is 0. The highest BCUT2D eigenvalue weighted by Crippen LogP contribution is 2.27. The van der Waals surface area contributed by atoms with Gasteiger partial charge in [-0.2, -0.15) is 0 Å². The molecule has 2 heterocycles. The van der Waals surface area contributed by atoms with Gasteiger partial charge in [-0.15, -0.1) is 0 Å². The van der Waals surface area contributed by atoms with Crippen LogP contribution >= 0.6 is 0 Å². The lowest BCUT2D eigenvalue weighted by Gasteiger charge is -2.40. The Morgan fingerprint density at radius 1 is 1.37 bits per heavy atom. The lowest BCUT2D eigenvalue weighted by molar-refractivity contribution is -0.146. The van der Waals surface area contributed by atoms with Gasteiger partial charge in [0.15, 0.2) is 0 Å². The molecule has 0 spiro atoms. The highest BCUT2D eigenvalue weighted by molar-refractivity contribution is 5.87. The van der Waals surface area contributed by atoms with Crippen LogP contribution in [0.25, 0.3) is 0 Å². The zero-order valence-corrected chi connectivity index (χ0v) is 11.9. The van der Waals surface area contributed by atoms with Crippen molar-refractivity contribution in [3.8, 4) is 0 Å². The van der Waals surface area contributed by atoms with Gasteiger partial charge in [0, 0.05) is 12.6 Å². The molecule has 2 aliphatic rings. The van der Waals surface area contributed by atoms with Crippen LogP contribution in [0.4, 0.5) is 0 Å². The molecule has 5 nitrogen and oxygen atoms in total. The average Bonchev–Trinajstić information content (AvgIpc) is 2.86. The van der Waals surface area contributed by atoms with Gasteiger partial charge >= 0.3 is 5.97 Å². The Labute approximate surface area is 114 Å². The predicted molar refractivity (Wildman–Crippen MR) is 71.6 cm³/mol. The summed E-state index contributed by atoms with van der Waals surface area (Å²) in [4.78, 5) is 26.1. The average molecular weight is 268 g/mol. The van der Waals surface area contributed by atoms with Crippen molar-refractivity contribution in [2.75, 3.05) is 20.2 Å². The van der Waals surface area contributed by atoms with Gasteiger partial charge in [0.05, 0.1) is 19.1 Å². The molecule has 1 amide bonds. The van der Waals surface area contributed by atoms with Gasteiger partial charge in [0.25, 0.3) is 0 Å². The lowest BCUT2D eigenvalue weighted by Crippen LogP contribution is -2.57. The summed E-state index contributed by atoms with van der Waals surface area (Å²) in [7, 11) is 1.40. The van der Waals surface area contributed by atoms with E-state index in [1.807, 2.05) is 11.8 Å². The first-order chi connectivity index (χ1) is 9.07. The van der Waals surface area contributed by atoms with Gasteiger partial charge in [-0.05, 0) is 45.6 Å². The van der Waals surface area contributed by atoms with E-state index in [0.29, 0.717) is 6.42 Å². The summed E-state index contributed by atoms with van der Waals surface area (Å²) in [5.41, 5.74) is -0.439. The topological polar surface area (TPSA) is 58.6 Å². The van der Waals surface area contributed by atoms with E-state index < -0.39 is 5.54 Å². The van der Waals surface area contributed by atoms with E-state index in [2.05, 4.69) is 5.32 Å². The number of amides is 1. The van der Waals surface area contributed by atoms with Crippen molar-refractivity contribution < 1.29 is 14.3 Å². The van der Waals surface area contributed by atoms with E-state index >= 15 is 0 Å². The van der Waals surface area contributed by atoms with Crippen molar-refractivity contribution in [2.24, 2.45) is 0 Å². The minimum absolute atomic E-state index is 0.00734. The van der Waals surface area contributed by atoms with E-state index in [4.69, 9.17) is 4.74 Å². The number of esters is 1. The molecule has 0 saturated carbocycles. The zero-order chi connectivity index (χ0) is 13.9. The molecule has 2 saturated heterocycles. The van der Waals surface area contributed by atoms with Crippen LogP contribution in [-0.2, 0) is 14.3 Å². The van der Waals surface area contributed by atoms with Crippen LogP contribution < -0.4 is 5.32 Å². The molecule has 0 aromatic heterocycles. The fourth-order valence-corrected chi connectivity index (χ4v) is 3.15. The van der Waals surface area contributed by atoms with Crippen molar-refractivity contribution in [3.63, 3.8) is 0 Å². The number of carbonyl (C=O) groups excluding carboxylic acids is 2. The largest absolute Gasteiger partial charge is 0.469 e. The molecule has 19 heavy (non-hydrogen) atoms. The summed E-state index contributed by atoms with van der Waals surface area (Å²) in [6.07, 6.45) is 5.25. The summed E-state index contributed by atoms with van der Waals surface area (Å²) in [6.45, 7) is 3.64. The Morgan fingerprint density at radius 2 is 2.16 bits per heavy atom. The summed E-state index contributed by atoms with van der Waals surface area (Å²) in [5.74, 6) is -0.0761. The Bertz CT molecular complexity index is 351. The number of nitrogens with one attached hydrogen (secondary N) is 1. The number of carbonyl (C=O) groups is 2. The quantitative estimate of drug-likeness (QED) is 0.778. The van der Waals surface area contributed by atoms with Gasteiger partial charge in [0.2, 0.25) is 5.91 Å². The Kier molecular flexibility index (Phi) is 4.45. The van der Waals surface area contributed by atoms with Crippen LogP contribution in [0.2, 0.25) is 0 Å². The molecule has 2 atom stereocenters. The third kappa shape index (κ3) is 3.08. The second-order valence-electron chi connectivity index (χ2n) is 5.79. The molecule has 0 bridgehead atoms. The van der Waals surface area contributed by atoms with E-state index in [1.54, 1.807) is 0 Å². The molecule has 108 valence electrons. The van der Waals surface area contributed by atoms with Gasteiger partial charge in [0.1, 0.15) is 0 Å². The lowest BCUT2D eigenvalue weighted by atomic mass is 9.93. The third-order valence-electron chi connectivity index (χ3n) is 4.36. The molecule has 2 aliphatic heterocycles. The van der Waals surface area contributed by atoms with E-state index in [1.165, 1.54) is 7.11 Å². The number of rotatable bonds is 3. The molecule has 1 N–H and O–H groups in total. The Morgan fingerprint density at radius 3 is 2.79 bits per heavy atom. The maximum Gasteiger partial charge on any atom is 0.307 e. The predicted octanol–water partition coefficient (Wildman–Crippen LogP) is 1.07. The summed E-state index contributed by atoms with van der Waals surface area (Å²) in [5, 5.41) is 3.31. The smallest absolute Gasteiger partial charge is 0.307 e. The maximum absolute atomic E-state index is 12.7. The van der Waals surface area contributed by atoms with Crippen molar-refractivity contribution in [3.05, 3.63) is 0 Å². The normalized spacial score (nSPS) is 31.3. The fourth-order valence-electron chi connectivity index (χ4n) is 3.15. The highest BCUT2D eigenvalue weighted by atomic mass is 16.5. The molecule has 2 unspecified atom stereocenters.